The van der Waals surface area contributed by atoms with Gasteiger partial charge in [-0.1, -0.05) is 28.9 Å². The quantitative estimate of drug-likeness (QED) is 0.902. The van der Waals surface area contributed by atoms with Crippen LogP contribution in [0.1, 0.15) is 32.3 Å². The first-order valence-electron chi connectivity index (χ1n) is 6.29. The highest BCUT2D eigenvalue weighted by atomic mass is 79.9. The Morgan fingerprint density at radius 2 is 2.18 bits per heavy atom. The zero-order chi connectivity index (χ0) is 12.4. The Labute approximate surface area is 112 Å². The Balaban J connectivity index is 2.34. The van der Waals surface area contributed by atoms with Gasteiger partial charge in [0.05, 0.1) is 6.61 Å². The van der Waals surface area contributed by atoms with E-state index in [1.165, 1.54) is 18.5 Å². The fourth-order valence-electron chi connectivity index (χ4n) is 2.61. The summed E-state index contributed by atoms with van der Waals surface area (Å²) in [6, 6.07) is 6.67. The highest BCUT2D eigenvalue weighted by Crippen LogP contribution is 2.32. The van der Waals surface area contributed by atoms with Crippen LogP contribution in [0, 0.1) is 5.92 Å². The Hall–Kier alpha value is -0.540. The average Bonchev–Trinajstić information content (AvgIpc) is 2.33. The molecule has 1 aromatic carbocycles. The van der Waals surface area contributed by atoms with Crippen LogP contribution in [-0.2, 0) is 6.61 Å². The first-order chi connectivity index (χ1) is 8.13. The van der Waals surface area contributed by atoms with Gasteiger partial charge in [-0.2, -0.15) is 0 Å². The van der Waals surface area contributed by atoms with Gasteiger partial charge in [0.2, 0.25) is 0 Å². The van der Waals surface area contributed by atoms with Crippen molar-refractivity contribution < 1.29 is 5.11 Å². The number of aliphatic hydroxyl groups is 1. The normalized spacial score (nSPS) is 25.1. The standard InChI is InChI=1S/C14H20BrNO/c1-10-4-3-7-16(11(10)2)14-8-13(15)6-5-12(14)9-17/h5-6,8,10-11,17H,3-4,7,9H2,1-2H3. The molecule has 2 rings (SSSR count). The van der Waals surface area contributed by atoms with Crippen molar-refractivity contribution in [3.05, 3.63) is 28.2 Å². The lowest BCUT2D eigenvalue weighted by molar-refractivity contribution is 0.280. The number of halogens is 1. The molecule has 0 aliphatic carbocycles. The van der Waals surface area contributed by atoms with Crippen molar-refractivity contribution in [3.63, 3.8) is 0 Å². The topological polar surface area (TPSA) is 23.5 Å². The zero-order valence-electron chi connectivity index (χ0n) is 10.5. The second-order valence-electron chi connectivity index (χ2n) is 4.98. The van der Waals surface area contributed by atoms with Gasteiger partial charge in [-0.3, -0.25) is 0 Å². The van der Waals surface area contributed by atoms with Crippen LogP contribution < -0.4 is 4.90 Å². The van der Waals surface area contributed by atoms with E-state index < -0.39 is 0 Å². The first-order valence-corrected chi connectivity index (χ1v) is 7.08. The molecule has 1 saturated heterocycles. The lowest BCUT2D eigenvalue weighted by Gasteiger charge is -2.40. The van der Waals surface area contributed by atoms with Crippen LogP contribution >= 0.6 is 15.9 Å². The molecule has 1 aliphatic rings. The van der Waals surface area contributed by atoms with Crippen LogP contribution in [0.15, 0.2) is 22.7 Å². The van der Waals surface area contributed by atoms with Crippen LogP contribution in [-0.4, -0.2) is 17.7 Å². The van der Waals surface area contributed by atoms with Gasteiger partial charge in [-0.05, 0) is 37.8 Å². The van der Waals surface area contributed by atoms with Crippen molar-refractivity contribution in [2.24, 2.45) is 5.92 Å². The molecule has 2 atom stereocenters. The van der Waals surface area contributed by atoms with Gasteiger partial charge in [0.15, 0.2) is 0 Å². The number of anilines is 1. The molecule has 0 amide bonds. The molecule has 1 aromatic rings. The average molecular weight is 298 g/mol. The summed E-state index contributed by atoms with van der Waals surface area (Å²) >= 11 is 3.52. The van der Waals surface area contributed by atoms with Crippen molar-refractivity contribution in [2.75, 3.05) is 11.4 Å². The minimum Gasteiger partial charge on any atom is -0.392 e. The number of benzene rings is 1. The van der Waals surface area contributed by atoms with Crippen LogP contribution in [0.4, 0.5) is 5.69 Å². The van der Waals surface area contributed by atoms with E-state index in [4.69, 9.17) is 0 Å². The summed E-state index contributed by atoms with van der Waals surface area (Å²) < 4.78 is 1.08. The Bertz CT molecular complexity index is 394. The van der Waals surface area contributed by atoms with Crippen LogP contribution in [0.3, 0.4) is 0 Å². The molecule has 1 aliphatic heterocycles. The molecule has 17 heavy (non-hydrogen) atoms. The van der Waals surface area contributed by atoms with Gasteiger partial charge >= 0.3 is 0 Å². The molecule has 2 nitrogen and oxygen atoms in total. The molecule has 2 unspecified atom stereocenters. The minimum absolute atomic E-state index is 0.111. The van der Waals surface area contributed by atoms with E-state index in [1.807, 2.05) is 12.1 Å². The number of hydrogen-bond donors (Lipinski definition) is 1. The van der Waals surface area contributed by atoms with Crippen molar-refractivity contribution in [1.82, 2.24) is 0 Å². The lowest BCUT2D eigenvalue weighted by atomic mass is 9.91. The molecule has 0 spiro atoms. The van der Waals surface area contributed by atoms with Gasteiger partial charge in [0.25, 0.3) is 0 Å². The van der Waals surface area contributed by atoms with E-state index in [-0.39, 0.29) is 6.61 Å². The molecular weight excluding hydrogens is 278 g/mol. The molecule has 1 N–H and O–H groups in total. The van der Waals surface area contributed by atoms with Crippen LogP contribution in [0.25, 0.3) is 0 Å². The van der Waals surface area contributed by atoms with Gasteiger partial charge in [-0.15, -0.1) is 0 Å². The van der Waals surface area contributed by atoms with Gasteiger partial charge < -0.3 is 10.0 Å². The van der Waals surface area contributed by atoms with Crippen molar-refractivity contribution in [1.29, 1.82) is 0 Å². The molecule has 3 heteroatoms. The van der Waals surface area contributed by atoms with E-state index in [0.717, 1.165) is 16.6 Å². The lowest BCUT2D eigenvalue weighted by Crippen LogP contribution is -2.42. The fraction of sp³-hybridized carbons (Fsp3) is 0.571. The van der Waals surface area contributed by atoms with E-state index >= 15 is 0 Å². The third-order valence-electron chi connectivity index (χ3n) is 3.90. The maximum absolute atomic E-state index is 9.45. The molecule has 0 radical (unpaired) electrons. The third kappa shape index (κ3) is 2.66. The molecule has 0 aromatic heterocycles. The number of nitrogens with zero attached hydrogens (tertiary/aromatic N) is 1. The summed E-state index contributed by atoms with van der Waals surface area (Å²) in [5, 5.41) is 9.45. The van der Waals surface area contributed by atoms with Crippen molar-refractivity contribution in [2.45, 2.75) is 39.3 Å². The largest absolute Gasteiger partial charge is 0.392 e. The number of hydrogen-bond acceptors (Lipinski definition) is 2. The second kappa shape index (κ2) is 5.40. The monoisotopic (exact) mass is 297 g/mol. The SMILES string of the molecule is CC1CCCN(c2cc(Br)ccc2CO)C1C. The van der Waals surface area contributed by atoms with E-state index in [2.05, 4.69) is 40.7 Å². The smallest absolute Gasteiger partial charge is 0.0702 e. The second-order valence-corrected chi connectivity index (χ2v) is 5.90. The third-order valence-corrected chi connectivity index (χ3v) is 4.39. The highest BCUT2D eigenvalue weighted by Gasteiger charge is 2.26. The highest BCUT2D eigenvalue weighted by molar-refractivity contribution is 9.10. The number of aliphatic hydroxyl groups excluding tert-OH is 1. The molecule has 0 saturated carbocycles. The van der Waals surface area contributed by atoms with Crippen LogP contribution in [0.2, 0.25) is 0 Å². The predicted molar refractivity (Wildman–Crippen MR) is 75.3 cm³/mol. The van der Waals surface area contributed by atoms with E-state index in [0.29, 0.717) is 12.0 Å². The summed E-state index contributed by atoms with van der Waals surface area (Å²) in [4.78, 5) is 2.44. The molecule has 94 valence electrons. The maximum Gasteiger partial charge on any atom is 0.0702 e. The van der Waals surface area contributed by atoms with Crippen molar-refractivity contribution in [3.8, 4) is 0 Å². The summed E-state index contributed by atoms with van der Waals surface area (Å²) in [5.41, 5.74) is 2.20. The Morgan fingerprint density at radius 3 is 2.88 bits per heavy atom. The van der Waals surface area contributed by atoms with Crippen LogP contribution in [0.5, 0.6) is 0 Å². The fourth-order valence-corrected chi connectivity index (χ4v) is 2.96. The molecule has 0 bridgehead atoms. The summed E-state index contributed by atoms with van der Waals surface area (Å²) in [7, 11) is 0. The van der Waals surface area contributed by atoms with E-state index in [1.54, 1.807) is 0 Å². The first kappa shape index (κ1) is 12.9. The summed E-state index contributed by atoms with van der Waals surface area (Å²) in [6.45, 7) is 5.80. The van der Waals surface area contributed by atoms with E-state index in [9.17, 15) is 5.11 Å². The summed E-state index contributed by atoms with van der Waals surface area (Å²) in [5.74, 6) is 0.717. The zero-order valence-corrected chi connectivity index (χ0v) is 12.1. The maximum atomic E-state index is 9.45. The Morgan fingerprint density at radius 1 is 1.41 bits per heavy atom. The van der Waals surface area contributed by atoms with Crippen molar-refractivity contribution >= 4 is 21.6 Å². The number of rotatable bonds is 2. The minimum atomic E-state index is 0.111. The molecule has 1 fully saturated rings. The molecule has 1 heterocycles. The van der Waals surface area contributed by atoms with Gasteiger partial charge in [-0.25, -0.2) is 0 Å². The summed E-state index contributed by atoms with van der Waals surface area (Å²) in [6.07, 6.45) is 2.54. The van der Waals surface area contributed by atoms with Gasteiger partial charge in [0, 0.05) is 28.3 Å². The Kier molecular flexibility index (Phi) is 4.10. The van der Waals surface area contributed by atoms with Gasteiger partial charge in [0.1, 0.15) is 0 Å². The molecular formula is C14H20BrNO. The number of piperidine rings is 1. The predicted octanol–water partition coefficient (Wildman–Crippen LogP) is 3.57.